The van der Waals surface area contributed by atoms with Crippen molar-refractivity contribution in [1.82, 2.24) is 0 Å². The van der Waals surface area contributed by atoms with E-state index in [4.69, 9.17) is 14.5 Å². The summed E-state index contributed by atoms with van der Waals surface area (Å²) in [6.07, 6.45) is 4.05. The molecule has 0 aliphatic carbocycles. The van der Waals surface area contributed by atoms with E-state index in [0.29, 0.717) is 6.54 Å². The number of hydrogen-bond acceptors (Lipinski definition) is 4. The van der Waals surface area contributed by atoms with Gasteiger partial charge in [0.1, 0.15) is 11.5 Å². The van der Waals surface area contributed by atoms with Crippen LogP contribution in [0.25, 0.3) is 5.57 Å². The lowest BCUT2D eigenvalue weighted by atomic mass is 9.97. The highest BCUT2D eigenvalue weighted by Crippen LogP contribution is 2.28. The molecule has 0 heterocycles. The first-order valence-corrected chi connectivity index (χ1v) is 11.0. The third-order valence-electron chi connectivity index (χ3n) is 4.68. The Labute approximate surface area is 189 Å². The molecule has 0 aliphatic rings. The first kappa shape index (κ1) is 22.4. The summed E-state index contributed by atoms with van der Waals surface area (Å²) < 4.78 is 10.7. The van der Waals surface area contributed by atoms with E-state index in [-0.39, 0.29) is 0 Å². The van der Waals surface area contributed by atoms with Gasteiger partial charge in [-0.25, -0.2) is 0 Å². The van der Waals surface area contributed by atoms with Crippen LogP contribution in [-0.4, -0.2) is 25.0 Å². The number of aliphatic imine (C=N–C) groups is 1. The van der Waals surface area contributed by atoms with Crippen LogP contribution in [0.5, 0.6) is 11.5 Å². The molecular weight excluding hydrogens is 402 g/mol. The van der Waals surface area contributed by atoms with Crippen LogP contribution in [0.2, 0.25) is 0 Å². The zero-order valence-electron chi connectivity index (χ0n) is 18.0. The molecule has 0 aliphatic heterocycles. The molecule has 3 aromatic carbocycles. The number of hydrogen-bond donors (Lipinski definition) is 0. The lowest BCUT2D eigenvalue weighted by Gasteiger charge is -2.12. The maximum atomic E-state index is 5.33. The first-order chi connectivity index (χ1) is 15.2. The highest BCUT2D eigenvalue weighted by atomic mass is 32.2. The molecule has 0 radical (unpaired) electrons. The van der Waals surface area contributed by atoms with Crippen LogP contribution in [0, 0.1) is 0 Å². The second-order valence-electron chi connectivity index (χ2n) is 6.75. The van der Waals surface area contributed by atoms with Gasteiger partial charge in [-0.1, -0.05) is 60.7 Å². The fourth-order valence-corrected chi connectivity index (χ4v) is 3.67. The van der Waals surface area contributed by atoms with Gasteiger partial charge in [-0.05, 0) is 52.6 Å². The Morgan fingerprint density at radius 2 is 1.39 bits per heavy atom. The molecule has 0 fully saturated rings. The van der Waals surface area contributed by atoms with Crippen molar-refractivity contribution >= 4 is 22.4 Å². The zero-order valence-corrected chi connectivity index (χ0v) is 18.8. The molecule has 0 N–H and O–H groups in total. The van der Waals surface area contributed by atoms with Crippen molar-refractivity contribution in [3.05, 3.63) is 114 Å². The normalized spacial score (nSPS) is 11.0. The summed E-state index contributed by atoms with van der Waals surface area (Å²) in [5, 5.41) is 0.963. The Kier molecular flexibility index (Phi) is 8.56. The van der Waals surface area contributed by atoms with Gasteiger partial charge in [-0.15, -0.1) is 18.3 Å². The molecule has 3 nitrogen and oxygen atoms in total. The number of nitrogens with zero attached hydrogens (tertiary/aromatic N) is 1. The highest BCUT2D eigenvalue weighted by Gasteiger charge is 2.09. The van der Waals surface area contributed by atoms with E-state index in [1.54, 1.807) is 26.0 Å². The maximum Gasteiger partial charge on any atom is 0.118 e. The predicted octanol–water partition coefficient (Wildman–Crippen LogP) is 6.65. The fourth-order valence-electron chi connectivity index (χ4n) is 3.03. The van der Waals surface area contributed by atoms with E-state index in [9.17, 15) is 0 Å². The Hall–Kier alpha value is -3.24. The molecule has 0 saturated carbocycles. The van der Waals surface area contributed by atoms with Gasteiger partial charge in [0.05, 0.1) is 25.8 Å². The second kappa shape index (κ2) is 11.8. The molecule has 0 unspecified atom stereocenters. The van der Waals surface area contributed by atoms with Crippen LogP contribution >= 0.6 is 11.8 Å². The van der Waals surface area contributed by atoms with Gasteiger partial charge in [0, 0.05) is 5.75 Å². The fraction of sp³-hybridized carbons (Fsp3) is 0.148. The van der Waals surface area contributed by atoms with Gasteiger partial charge in [0.25, 0.3) is 0 Å². The SMILES string of the molecule is C=CCSC(C=C(c1ccc(OC)cc1)c1ccc(OC)cc1)=NCc1ccccc1. The highest BCUT2D eigenvalue weighted by molar-refractivity contribution is 8.14. The molecule has 0 amide bonds. The standard InChI is InChI=1S/C27H27NO2S/c1-4-18-31-27(28-20-21-8-6-5-7-9-21)19-26(22-10-14-24(29-2)15-11-22)23-12-16-25(30-3)17-13-23/h4-17,19H,1,18,20H2,2-3H3. The van der Waals surface area contributed by atoms with E-state index in [1.807, 2.05) is 48.5 Å². The van der Waals surface area contributed by atoms with Gasteiger partial charge in [0.2, 0.25) is 0 Å². The summed E-state index contributed by atoms with van der Waals surface area (Å²) in [6.45, 7) is 4.49. The van der Waals surface area contributed by atoms with Crippen LogP contribution in [0.1, 0.15) is 16.7 Å². The number of ether oxygens (including phenoxy) is 2. The third kappa shape index (κ3) is 6.63. The topological polar surface area (TPSA) is 30.8 Å². The van der Waals surface area contributed by atoms with Crippen molar-refractivity contribution in [2.75, 3.05) is 20.0 Å². The Balaban J connectivity index is 2.02. The van der Waals surface area contributed by atoms with Gasteiger partial charge >= 0.3 is 0 Å². The first-order valence-electron chi connectivity index (χ1n) is 10.1. The largest absolute Gasteiger partial charge is 0.497 e. The van der Waals surface area contributed by atoms with Crippen LogP contribution in [-0.2, 0) is 6.54 Å². The summed E-state index contributed by atoms with van der Waals surface area (Å²) >= 11 is 1.68. The van der Waals surface area contributed by atoms with Gasteiger partial charge in [-0.3, -0.25) is 4.99 Å². The van der Waals surface area contributed by atoms with E-state index >= 15 is 0 Å². The van der Waals surface area contributed by atoms with Crippen molar-refractivity contribution in [2.24, 2.45) is 4.99 Å². The summed E-state index contributed by atoms with van der Waals surface area (Å²) in [7, 11) is 3.35. The van der Waals surface area contributed by atoms with Gasteiger partial charge in [0.15, 0.2) is 0 Å². The Morgan fingerprint density at radius 1 is 0.839 bits per heavy atom. The molecule has 4 heteroatoms. The number of benzene rings is 3. The number of methoxy groups -OCH3 is 2. The minimum atomic E-state index is 0.634. The summed E-state index contributed by atoms with van der Waals surface area (Å²) in [6, 6.07) is 26.5. The molecule has 0 atom stereocenters. The Morgan fingerprint density at radius 3 is 1.87 bits per heavy atom. The molecule has 31 heavy (non-hydrogen) atoms. The maximum absolute atomic E-state index is 5.33. The van der Waals surface area contributed by atoms with Crippen LogP contribution in [0.4, 0.5) is 0 Å². The van der Waals surface area contributed by atoms with Crippen molar-refractivity contribution in [1.29, 1.82) is 0 Å². The molecule has 0 bridgehead atoms. The minimum Gasteiger partial charge on any atom is -0.497 e. The van der Waals surface area contributed by atoms with Gasteiger partial charge in [-0.2, -0.15) is 0 Å². The van der Waals surface area contributed by atoms with E-state index in [2.05, 4.69) is 49.1 Å². The predicted molar refractivity (Wildman–Crippen MR) is 133 cm³/mol. The molecule has 3 aromatic rings. The van der Waals surface area contributed by atoms with Crippen molar-refractivity contribution in [3.8, 4) is 11.5 Å². The minimum absolute atomic E-state index is 0.634. The monoisotopic (exact) mass is 429 g/mol. The summed E-state index contributed by atoms with van der Waals surface area (Å²) in [5.41, 5.74) is 4.46. The van der Waals surface area contributed by atoms with E-state index in [1.165, 1.54) is 5.56 Å². The molecule has 0 aromatic heterocycles. The average molecular weight is 430 g/mol. The molecule has 158 valence electrons. The molecular formula is C27H27NO2S. The molecule has 3 rings (SSSR count). The quantitative estimate of drug-likeness (QED) is 0.217. The van der Waals surface area contributed by atoms with Crippen LogP contribution in [0.3, 0.4) is 0 Å². The van der Waals surface area contributed by atoms with Crippen molar-refractivity contribution < 1.29 is 9.47 Å². The van der Waals surface area contributed by atoms with E-state index < -0.39 is 0 Å². The third-order valence-corrected chi connectivity index (χ3v) is 5.62. The Bertz CT molecular complexity index is 974. The smallest absolute Gasteiger partial charge is 0.118 e. The van der Waals surface area contributed by atoms with Crippen LogP contribution < -0.4 is 9.47 Å². The van der Waals surface area contributed by atoms with Crippen molar-refractivity contribution in [3.63, 3.8) is 0 Å². The number of thioether (sulfide) groups is 1. The lowest BCUT2D eigenvalue weighted by Crippen LogP contribution is -1.97. The van der Waals surface area contributed by atoms with Gasteiger partial charge < -0.3 is 9.47 Å². The van der Waals surface area contributed by atoms with Crippen LogP contribution in [0.15, 0.2) is 103 Å². The molecule has 0 spiro atoms. The summed E-state index contributed by atoms with van der Waals surface area (Å²) in [5.74, 6) is 2.46. The zero-order chi connectivity index (χ0) is 21.9. The van der Waals surface area contributed by atoms with E-state index in [0.717, 1.165) is 39.0 Å². The van der Waals surface area contributed by atoms with Crippen molar-refractivity contribution in [2.45, 2.75) is 6.54 Å². The second-order valence-corrected chi connectivity index (χ2v) is 7.80. The molecule has 0 saturated heterocycles. The lowest BCUT2D eigenvalue weighted by molar-refractivity contribution is 0.414. The average Bonchev–Trinajstić information content (AvgIpc) is 2.84. The number of rotatable bonds is 9. The summed E-state index contributed by atoms with van der Waals surface area (Å²) in [4.78, 5) is 4.90.